The molecule has 0 saturated heterocycles. The van der Waals surface area contributed by atoms with Crippen molar-refractivity contribution in [3.05, 3.63) is 29.0 Å². The van der Waals surface area contributed by atoms with Gasteiger partial charge in [-0.05, 0) is 56.4 Å². The molecule has 1 fully saturated rings. The molecule has 0 aliphatic heterocycles. The minimum absolute atomic E-state index is 0.251. The highest BCUT2D eigenvalue weighted by atomic mass is 32.1. The number of aromatic nitrogens is 4. The van der Waals surface area contributed by atoms with Crippen molar-refractivity contribution in [3.8, 4) is 11.5 Å². The van der Waals surface area contributed by atoms with Gasteiger partial charge in [0.15, 0.2) is 5.82 Å². The molecule has 0 aromatic carbocycles. The Kier molecular flexibility index (Phi) is 4.94. The van der Waals surface area contributed by atoms with Crippen LogP contribution in [0.4, 0.5) is 5.82 Å². The molecule has 2 aliphatic rings. The Morgan fingerprint density at radius 3 is 2.89 bits per heavy atom. The molecule has 7 heteroatoms. The molecular formula is C21H25N5OS. The monoisotopic (exact) mass is 395 g/mol. The van der Waals surface area contributed by atoms with Crippen LogP contribution in [0.5, 0.6) is 0 Å². The first-order valence-electron chi connectivity index (χ1n) is 10.3. The van der Waals surface area contributed by atoms with Crippen molar-refractivity contribution in [2.24, 2.45) is 5.92 Å². The standard InChI is InChI=1S/C21H25N5OS/c27-11-8-13-4-3-6-15(13)24-20-18-14-5-1-2-7-17(14)28-21(18)26-19(25-20)16-12-22-9-10-23-16/h9-10,12-13,15,27H,1-8,11H2,(H,24,25,26). The molecule has 146 valence electrons. The van der Waals surface area contributed by atoms with Gasteiger partial charge in [0.05, 0.1) is 11.6 Å². The first-order valence-corrected chi connectivity index (χ1v) is 11.1. The summed E-state index contributed by atoms with van der Waals surface area (Å²) in [6.45, 7) is 0.251. The fraction of sp³-hybridized carbons (Fsp3) is 0.524. The molecule has 1 saturated carbocycles. The summed E-state index contributed by atoms with van der Waals surface area (Å²) in [4.78, 5) is 20.9. The van der Waals surface area contributed by atoms with Gasteiger partial charge in [0.2, 0.25) is 0 Å². The number of rotatable bonds is 5. The first kappa shape index (κ1) is 17.9. The molecule has 5 rings (SSSR count). The number of hydrogen-bond donors (Lipinski definition) is 2. The van der Waals surface area contributed by atoms with E-state index in [2.05, 4.69) is 15.3 Å². The zero-order valence-electron chi connectivity index (χ0n) is 15.9. The average molecular weight is 396 g/mol. The van der Waals surface area contributed by atoms with Crippen LogP contribution in [0.25, 0.3) is 21.7 Å². The van der Waals surface area contributed by atoms with Crippen LogP contribution in [0, 0.1) is 5.92 Å². The van der Waals surface area contributed by atoms with Gasteiger partial charge in [-0.15, -0.1) is 11.3 Å². The van der Waals surface area contributed by atoms with Gasteiger partial charge in [0.1, 0.15) is 16.3 Å². The van der Waals surface area contributed by atoms with E-state index in [0.717, 1.165) is 36.3 Å². The van der Waals surface area contributed by atoms with Crippen LogP contribution in [0.3, 0.4) is 0 Å². The van der Waals surface area contributed by atoms with Gasteiger partial charge in [-0.2, -0.15) is 0 Å². The maximum absolute atomic E-state index is 9.43. The van der Waals surface area contributed by atoms with Crippen LogP contribution in [-0.2, 0) is 12.8 Å². The summed E-state index contributed by atoms with van der Waals surface area (Å²) in [6, 6.07) is 0.360. The van der Waals surface area contributed by atoms with Gasteiger partial charge < -0.3 is 10.4 Å². The highest BCUT2D eigenvalue weighted by Crippen LogP contribution is 2.41. The molecule has 3 heterocycles. The van der Waals surface area contributed by atoms with Crippen molar-refractivity contribution in [2.75, 3.05) is 11.9 Å². The minimum atomic E-state index is 0.251. The number of thiophene rings is 1. The third-order valence-corrected chi connectivity index (χ3v) is 7.27. The number of nitrogens with one attached hydrogen (secondary N) is 1. The predicted molar refractivity (Wildman–Crippen MR) is 112 cm³/mol. The topological polar surface area (TPSA) is 83.8 Å². The molecule has 3 aromatic rings. The summed E-state index contributed by atoms with van der Waals surface area (Å²) < 4.78 is 0. The van der Waals surface area contributed by atoms with Gasteiger partial charge in [0.25, 0.3) is 0 Å². The molecule has 2 N–H and O–H groups in total. The smallest absolute Gasteiger partial charge is 0.183 e. The second-order valence-corrected chi connectivity index (χ2v) is 8.92. The van der Waals surface area contributed by atoms with Crippen molar-refractivity contribution in [1.82, 2.24) is 19.9 Å². The molecule has 0 radical (unpaired) electrons. The lowest BCUT2D eigenvalue weighted by Gasteiger charge is -2.22. The van der Waals surface area contributed by atoms with E-state index in [9.17, 15) is 5.11 Å². The second kappa shape index (κ2) is 7.72. The summed E-state index contributed by atoms with van der Waals surface area (Å²) in [5.41, 5.74) is 2.15. The van der Waals surface area contributed by atoms with Crippen LogP contribution in [0.1, 0.15) is 49.0 Å². The Balaban J connectivity index is 1.61. The highest BCUT2D eigenvalue weighted by Gasteiger charge is 2.29. The Bertz CT molecular complexity index is 974. The molecule has 3 aromatic heterocycles. The molecule has 6 nitrogen and oxygen atoms in total. The summed E-state index contributed by atoms with van der Waals surface area (Å²) >= 11 is 1.81. The van der Waals surface area contributed by atoms with Crippen LogP contribution >= 0.6 is 11.3 Å². The van der Waals surface area contributed by atoms with E-state index in [1.54, 1.807) is 18.6 Å². The summed E-state index contributed by atoms with van der Waals surface area (Å²) in [5.74, 6) is 2.09. The normalized spacial score (nSPS) is 21.8. The van der Waals surface area contributed by atoms with Crippen molar-refractivity contribution in [2.45, 2.75) is 57.4 Å². The molecule has 0 spiro atoms. The maximum Gasteiger partial charge on any atom is 0.183 e. The molecular weight excluding hydrogens is 370 g/mol. The zero-order chi connectivity index (χ0) is 18.9. The van der Waals surface area contributed by atoms with Crippen molar-refractivity contribution >= 4 is 27.4 Å². The third kappa shape index (κ3) is 3.26. The minimum Gasteiger partial charge on any atom is -0.396 e. The largest absolute Gasteiger partial charge is 0.396 e. The molecule has 0 bridgehead atoms. The van der Waals surface area contributed by atoms with E-state index in [1.165, 1.54) is 41.5 Å². The lowest BCUT2D eigenvalue weighted by Crippen LogP contribution is -2.25. The average Bonchev–Trinajstić information content (AvgIpc) is 3.33. The zero-order valence-corrected chi connectivity index (χ0v) is 16.7. The number of hydrogen-bond acceptors (Lipinski definition) is 7. The second-order valence-electron chi connectivity index (χ2n) is 7.83. The number of aliphatic hydroxyl groups is 1. The lowest BCUT2D eigenvalue weighted by atomic mass is 9.96. The molecule has 2 atom stereocenters. The van der Waals surface area contributed by atoms with Crippen LogP contribution in [0.15, 0.2) is 18.6 Å². The van der Waals surface area contributed by atoms with Crippen molar-refractivity contribution in [1.29, 1.82) is 0 Å². The Morgan fingerprint density at radius 2 is 2.04 bits per heavy atom. The van der Waals surface area contributed by atoms with E-state index >= 15 is 0 Å². The fourth-order valence-corrected chi connectivity index (χ4v) is 5.97. The van der Waals surface area contributed by atoms with Crippen LogP contribution < -0.4 is 5.32 Å². The van der Waals surface area contributed by atoms with Gasteiger partial charge in [-0.1, -0.05) is 6.42 Å². The Morgan fingerprint density at radius 1 is 1.11 bits per heavy atom. The number of fused-ring (bicyclic) bond motifs is 3. The quantitative estimate of drug-likeness (QED) is 0.680. The van der Waals surface area contributed by atoms with Crippen molar-refractivity contribution < 1.29 is 5.11 Å². The fourth-order valence-electron chi connectivity index (χ4n) is 4.70. The van der Waals surface area contributed by atoms with E-state index in [-0.39, 0.29) is 6.61 Å². The molecule has 2 aliphatic carbocycles. The molecule has 2 unspecified atom stereocenters. The number of aliphatic hydroxyl groups excluding tert-OH is 1. The van der Waals surface area contributed by atoms with E-state index in [1.807, 2.05) is 11.3 Å². The van der Waals surface area contributed by atoms with Crippen LogP contribution in [0.2, 0.25) is 0 Å². The number of anilines is 1. The van der Waals surface area contributed by atoms with E-state index < -0.39 is 0 Å². The Labute approximate surface area is 168 Å². The van der Waals surface area contributed by atoms with E-state index in [0.29, 0.717) is 23.5 Å². The van der Waals surface area contributed by atoms with Crippen LogP contribution in [-0.4, -0.2) is 37.7 Å². The maximum atomic E-state index is 9.43. The third-order valence-electron chi connectivity index (χ3n) is 6.09. The highest BCUT2D eigenvalue weighted by molar-refractivity contribution is 7.19. The van der Waals surface area contributed by atoms with Gasteiger partial charge in [0, 0.05) is 29.9 Å². The molecule has 0 amide bonds. The number of aryl methyl sites for hydroxylation is 2. The van der Waals surface area contributed by atoms with E-state index in [4.69, 9.17) is 9.97 Å². The predicted octanol–water partition coefficient (Wildman–Crippen LogP) is 3.99. The van der Waals surface area contributed by atoms with Gasteiger partial charge >= 0.3 is 0 Å². The summed E-state index contributed by atoms with van der Waals surface area (Å²) in [5, 5.41) is 14.4. The SMILES string of the molecule is OCCC1CCCC1Nc1nc(-c2cnccn2)nc2sc3c(c12)CCCC3. The molecule has 28 heavy (non-hydrogen) atoms. The number of nitrogens with zero attached hydrogens (tertiary/aromatic N) is 4. The lowest BCUT2D eigenvalue weighted by molar-refractivity contribution is 0.254. The van der Waals surface area contributed by atoms with Gasteiger partial charge in [-0.25, -0.2) is 15.0 Å². The Hall–Kier alpha value is -2.12. The first-order chi connectivity index (χ1) is 13.8. The summed E-state index contributed by atoms with van der Waals surface area (Å²) in [7, 11) is 0. The van der Waals surface area contributed by atoms with Gasteiger partial charge in [-0.3, -0.25) is 4.98 Å². The van der Waals surface area contributed by atoms with Crippen molar-refractivity contribution in [3.63, 3.8) is 0 Å². The summed E-state index contributed by atoms with van der Waals surface area (Å²) in [6.07, 6.45) is 14.2.